The zero-order chi connectivity index (χ0) is 10.7. The van der Waals surface area contributed by atoms with Crippen LogP contribution < -0.4 is 9.47 Å². The highest BCUT2D eigenvalue weighted by molar-refractivity contribution is 5.49. The van der Waals surface area contributed by atoms with Crippen LogP contribution in [0.1, 0.15) is 11.1 Å². The molecule has 0 unspecified atom stereocenters. The van der Waals surface area contributed by atoms with Crippen molar-refractivity contribution in [3.8, 4) is 11.5 Å². The Morgan fingerprint density at radius 2 is 2.00 bits per heavy atom. The van der Waals surface area contributed by atoms with Gasteiger partial charge >= 0.3 is 0 Å². The molecule has 0 spiro atoms. The summed E-state index contributed by atoms with van der Waals surface area (Å²) < 4.78 is 22.9. The molecule has 0 saturated carbocycles. The second-order valence-electron chi connectivity index (χ2n) is 3.02. The van der Waals surface area contributed by atoms with Crippen molar-refractivity contribution >= 4 is 6.08 Å². The normalized spacial score (nSPS) is 12.3. The summed E-state index contributed by atoms with van der Waals surface area (Å²) >= 11 is 0. The monoisotopic (exact) mass is 209 g/mol. The van der Waals surface area contributed by atoms with Crippen molar-refractivity contribution in [3.05, 3.63) is 23.3 Å². The summed E-state index contributed by atoms with van der Waals surface area (Å²) in [7, 11) is 0. The Bertz CT molecular complexity index is 427. The van der Waals surface area contributed by atoms with Crippen LogP contribution in [-0.4, -0.2) is 12.9 Å². The molecule has 2 rings (SSSR count). The lowest BCUT2D eigenvalue weighted by Gasteiger charge is -2.04. The number of carbonyl (C=O) groups excluding carboxylic acids is 1. The first kappa shape index (κ1) is 9.68. The van der Waals surface area contributed by atoms with Crippen LogP contribution in [0, 0.1) is 0 Å². The Morgan fingerprint density at radius 3 is 2.60 bits per heavy atom. The van der Waals surface area contributed by atoms with Gasteiger partial charge in [-0.1, -0.05) is 0 Å². The van der Waals surface area contributed by atoms with Gasteiger partial charge in [0, 0.05) is 0 Å². The number of hydrogen-bond donors (Lipinski definition) is 0. The Morgan fingerprint density at radius 1 is 1.33 bits per heavy atom. The molecule has 15 heavy (non-hydrogen) atoms. The van der Waals surface area contributed by atoms with Crippen molar-refractivity contribution in [2.24, 2.45) is 4.99 Å². The summed E-state index contributed by atoms with van der Waals surface area (Å²) in [6.45, 7) is -0.374. The molecule has 0 amide bonds. The van der Waals surface area contributed by atoms with Crippen LogP contribution in [0.25, 0.3) is 0 Å². The molecule has 5 heteroatoms. The van der Waals surface area contributed by atoms with Gasteiger partial charge in [-0.05, 0) is 23.3 Å². The molecule has 0 saturated heterocycles. The number of isocyanates is 1. The molecular formula is C10H8FNO3. The number of nitrogens with zero attached hydrogens (tertiary/aromatic N) is 1. The molecular weight excluding hydrogens is 201 g/mol. The number of ether oxygens (including phenoxy) is 2. The van der Waals surface area contributed by atoms with Crippen molar-refractivity contribution in [1.29, 1.82) is 0 Å². The fourth-order valence-corrected chi connectivity index (χ4v) is 1.42. The van der Waals surface area contributed by atoms with Crippen LogP contribution in [0.3, 0.4) is 0 Å². The number of fused-ring (bicyclic) bond motifs is 1. The third-order valence-corrected chi connectivity index (χ3v) is 2.15. The van der Waals surface area contributed by atoms with E-state index in [0.29, 0.717) is 22.6 Å². The molecule has 0 N–H and O–H groups in total. The lowest BCUT2D eigenvalue weighted by atomic mass is 10.1. The van der Waals surface area contributed by atoms with Gasteiger partial charge in [-0.25, -0.2) is 14.2 Å². The van der Waals surface area contributed by atoms with E-state index in [4.69, 9.17) is 9.47 Å². The van der Waals surface area contributed by atoms with E-state index in [1.807, 2.05) is 0 Å². The third-order valence-electron chi connectivity index (χ3n) is 2.15. The van der Waals surface area contributed by atoms with Gasteiger partial charge in [0.05, 0.1) is 6.54 Å². The second kappa shape index (κ2) is 4.11. The second-order valence-corrected chi connectivity index (χ2v) is 3.02. The average molecular weight is 209 g/mol. The summed E-state index contributed by atoms with van der Waals surface area (Å²) in [5.74, 6) is 1.09. The maximum absolute atomic E-state index is 12.6. The largest absolute Gasteiger partial charge is 0.454 e. The SMILES string of the molecule is O=C=NCc1cc2c(cc1CF)OCO2. The highest BCUT2D eigenvalue weighted by Crippen LogP contribution is 2.35. The summed E-state index contributed by atoms with van der Waals surface area (Å²) in [6, 6.07) is 3.20. The van der Waals surface area contributed by atoms with Gasteiger partial charge in [0.1, 0.15) is 6.67 Å². The maximum Gasteiger partial charge on any atom is 0.235 e. The summed E-state index contributed by atoms with van der Waals surface area (Å²) in [5, 5.41) is 0. The minimum atomic E-state index is -0.625. The zero-order valence-corrected chi connectivity index (χ0v) is 7.83. The average Bonchev–Trinajstić information content (AvgIpc) is 2.71. The minimum absolute atomic E-state index is 0.111. The number of aliphatic imine (C=N–C) groups is 1. The lowest BCUT2D eigenvalue weighted by Crippen LogP contribution is -1.92. The van der Waals surface area contributed by atoms with E-state index >= 15 is 0 Å². The van der Waals surface area contributed by atoms with Gasteiger partial charge in [0.2, 0.25) is 12.9 Å². The number of benzene rings is 1. The van der Waals surface area contributed by atoms with Crippen LogP contribution in [0.2, 0.25) is 0 Å². The molecule has 0 bridgehead atoms. The number of alkyl halides is 1. The molecule has 1 heterocycles. The molecule has 4 nitrogen and oxygen atoms in total. The molecule has 1 aromatic carbocycles. The van der Waals surface area contributed by atoms with Crippen LogP contribution in [0.15, 0.2) is 17.1 Å². The number of hydrogen-bond acceptors (Lipinski definition) is 4. The minimum Gasteiger partial charge on any atom is -0.454 e. The van der Waals surface area contributed by atoms with E-state index in [1.54, 1.807) is 12.1 Å². The lowest BCUT2D eigenvalue weighted by molar-refractivity contribution is 0.174. The summed E-state index contributed by atoms with van der Waals surface area (Å²) in [5.41, 5.74) is 1.07. The Labute approximate surface area is 85.3 Å². The van der Waals surface area contributed by atoms with E-state index in [2.05, 4.69) is 4.99 Å². The predicted octanol–water partition coefficient (Wildman–Crippen LogP) is 1.72. The van der Waals surface area contributed by atoms with E-state index in [-0.39, 0.29) is 13.3 Å². The van der Waals surface area contributed by atoms with Gasteiger partial charge in [-0.2, -0.15) is 0 Å². The molecule has 1 aliphatic rings. The van der Waals surface area contributed by atoms with Crippen molar-refractivity contribution in [2.45, 2.75) is 13.2 Å². The first-order valence-electron chi connectivity index (χ1n) is 4.36. The van der Waals surface area contributed by atoms with E-state index in [9.17, 15) is 9.18 Å². The van der Waals surface area contributed by atoms with Crippen LogP contribution >= 0.6 is 0 Å². The molecule has 0 radical (unpaired) electrons. The number of rotatable bonds is 3. The van der Waals surface area contributed by atoms with Crippen molar-refractivity contribution < 1.29 is 18.7 Å². The standard InChI is InChI=1S/C10H8FNO3/c11-3-7-1-9-10(15-6-14-9)2-8(7)4-12-5-13/h1-2H,3-4,6H2. The van der Waals surface area contributed by atoms with Gasteiger partial charge in [0.25, 0.3) is 0 Å². The van der Waals surface area contributed by atoms with E-state index in [0.717, 1.165) is 0 Å². The third kappa shape index (κ3) is 1.82. The first-order valence-corrected chi connectivity index (χ1v) is 4.36. The quantitative estimate of drug-likeness (QED) is 0.562. The first-order chi connectivity index (χ1) is 7.35. The highest BCUT2D eigenvalue weighted by atomic mass is 19.1. The highest BCUT2D eigenvalue weighted by Gasteiger charge is 2.16. The van der Waals surface area contributed by atoms with Gasteiger partial charge in [-0.3, -0.25) is 0 Å². The van der Waals surface area contributed by atoms with Gasteiger partial charge in [0.15, 0.2) is 11.5 Å². The number of halogens is 1. The molecule has 1 aromatic rings. The van der Waals surface area contributed by atoms with Crippen molar-refractivity contribution in [2.75, 3.05) is 6.79 Å². The molecule has 0 aromatic heterocycles. The van der Waals surface area contributed by atoms with Crippen LogP contribution in [0.5, 0.6) is 11.5 Å². The molecule has 0 fully saturated rings. The molecule has 0 atom stereocenters. The van der Waals surface area contributed by atoms with Crippen LogP contribution in [0.4, 0.5) is 4.39 Å². The van der Waals surface area contributed by atoms with Gasteiger partial charge < -0.3 is 9.47 Å². The van der Waals surface area contributed by atoms with E-state index in [1.165, 1.54) is 6.08 Å². The summed E-state index contributed by atoms with van der Waals surface area (Å²) in [4.78, 5) is 13.4. The molecule has 78 valence electrons. The smallest absolute Gasteiger partial charge is 0.235 e. The fourth-order valence-electron chi connectivity index (χ4n) is 1.42. The molecule has 1 aliphatic heterocycles. The molecule has 0 aliphatic carbocycles. The Kier molecular flexibility index (Phi) is 2.65. The predicted molar refractivity (Wildman–Crippen MR) is 49.2 cm³/mol. The Balaban J connectivity index is 2.39. The maximum atomic E-state index is 12.6. The fraction of sp³-hybridized carbons (Fsp3) is 0.300. The Hall–Kier alpha value is -1.87. The van der Waals surface area contributed by atoms with Crippen molar-refractivity contribution in [1.82, 2.24) is 0 Å². The van der Waals surface area contributed by atoms with Crippen LogP contribution in [-0.2, 0) is 18.0 Å². The van der Waals surface area contributed by atoms with E-state index < -0.39 is 6.67 Å². The van der Waals surface area contributed by atoms with Gasteiger partial charge in [-0.15, -0.1) is 0 Å². The van der Waals surface area contributed by atoms with Crippen molar-refractivity contribution in [3.63, 3.8) is 0 Å². The topological polar surface area (TPSA) is 47.9 Å². The zero-order valence-electron chi connectivity index (χ0n) is 7.83. The summed E-state index contributed by atoms with van der Waals surface area (Å²) in [6.07, 6.45) is 1.42.